The van der Waals surface area contributed by atoms with Crippen molar-refractivity contribution in [1.29, 1.82) is 0 Å². The minimum Gasteiger partial charge on any atom is -0.549 e. The van der Waals surface area contributed by atoms with Crippen LogP contribution in [0, 0.1) is 5.41 Å². The summed E-state index contributed by atoms with van der Waals surface area (Å²) in [5.41, 5.74) is -0.986. The molecule has 0 amide bonds. The maximum Gasteiger partial charge on any atom is 0.157 e. The van der Waals surface area contributed by atoms with Gasteiger partial charge in [0.25, 0.3) is 0 Å². The zero-order valence-electron chi connectivity index (χ0n) is 10.2. The van der Waals surface area contributed by atoms with Gasteiger partial charge in [-0.2, -0.15) is 0 Å². The first-order chi connectivity index (χ1) is 7.58. The Labute approximate surface area is 96.9 Å². The Kier molecular flexibility index (Phi) is 5.22. The first-order valence-electron chi connectivity index (χ1n) is 6.03. The highest BCUT2D eigenvalue weighted by atomic mass is 16.7. The van der Waals surface area contributed by atoms with Crippen molar-refractivity contribution in [3.8, 4) is 0 Å². The number of carbonyl (C=O) groups is 1. The van der Waals surface area contributed by atoms with E-state index in [9.17, 15) is 9.90 Å². The van der Waals surface area contributed by atoms with Crippen molar-refractivity contribution in [2.45, 2.75) is 52.2 Å². The summed E-state index contributed by atoms with van der Waals surface area (Å²) in [6.45, 7) is 4.14. The minimum absolute atomic E-state index is 0.188. The summed E-state index contributed by atoms with van der Waals surface area (Å²) in [7, 11) is 0. The molecule has 0 aromatic carbocycles. The maximum atomic E-state index is 10.8. The fourth-order valence-electron chi connectivity index (χ4n) is 1.67. The quantitative estimate of drug-likeness (QED) is 0.640. The predicted octanol–water partition coefficient (Wildman–Crippen LogP) is 1.09. The van der Waals surface area contributed by atoms with E-state index in [1.807, 2.05) is 0 Å². The topological polar surface area (TPSA) is 58.6 Å². The Morgan fingerprint density at radius 2 is 1.94 bits per heavy atom. The van der Waals surface area contributed by atoms with Gasteiger partial charge in [0.15, 0.2) is 6.29 Å². The molecule has 0 spiro atoms. The third-order valence-electron chi connectivity index (χ3n) is 2.96. The van der Waals surface area contributed by atoms with Gasteiger partial charge in [-0.1, -0.05) is 26.2 Å². The highest BCUT2D eigenvalue weighted by Gasteiger charge is 2.33. The first-order valence-corrected chi connectivity index (χ1v) is 6.03. The third kappa shape index (κ3) is 3.76. The molecule has 0 unspecified atom stereocenters. The number of unbranched alkanes of at least 4 members (excludes halogenated alkanes) is 3. The standard InChI is InChI=1S/C12H22O4/c1-3-4-5-6-7-10-15-8-12(2,9-16-10)11(13)14/h10H,3-9H2,1-2H3,(H,13,14)/p-1. The van der Waals surface area contributed by atoms with Crippen LogP contribution < -0.4 is 5.11 Å². The lowest BCUT2D eigenvalue weighted by molar-refractivity contribution is -0.334. The van der Waals surface area contributed by atoms with E-state index in [1.54, 1.807) is 6.92 Å². The summed E-state index contributed by atoms with van der Waals surface area (Å²) >= 11 is 0. The number of aliphatic carboxylic acids is 1. The highest BCUT2D eigenvalue weighted by Crippen LogP contribution is 2.25. The molecule has 4 heteroatoms. The predicted molar refractivity (Wildman–Crippen MR) is 57.6 cm³/mol. The first kappa shape index (κ1) is 13.5. The summed E-state index contributed by atoms with van der Waals surface area (Å²) in [5, 5.41) is 10.8. The van der Waals surface area contributed by atoms with Crippen molar-refractivity contribution in [3.05, 3.63) is 0 Å². The number of carboxylic acids is 1. The lowest BCUT2D eigenvalue weighted by Crippen LogP contribution is -2.51. The minimum atomic E-state index is -1.10. The molecule has 0 radical (unpaired) electrons. The van der Waals surface area contributed by atoms with Gasteiger partial charge in [0, 0.05) is 0 Å². The Bertz CT molecular complexity index is 219. The second-order valence-electron chi connectivity index (χ2n) is 4.75. The molecule has 0 saturated carbocycles. The summed E-state index contributed by atoms with van der Waals surface area (Å²) in [4.78, 5) is 10.8. The van der Waals surface area contributed by atoms with Crippen LogP contribution in [-0.2, 0) is 14.3 Å². The summed E-state index contributed by atoms with van der Waals surface area (Å²) in [5.74, 6) is -1.10. The van der Waals surface area contributed by atoms with Crippen LogP contribution in [0.15, 0.2) is 0 Å². The molecule has 0 aliphatic carbocycles. The molecule has 0 N–H and O–H groups in total. The fourth-order valence-corrected chi connectivity index (χ4v) is 1.67. The average Bonchev–Trinajstić information content (AvgIpc) is 2.27. The van der Waals surface area contributed by atoms with Crippen LogP contribution in [0.4, 0.5) is 0 Å². The number of ether oxygens (including phenoxy) is 2. The van der Waals surface area contributed by atoms with Crippen molar-refractivity contribution in [3.63, 3.8) is 0 Å². The third-order valence-corrected chi connectivity index (χ3v) is 2.96. The van der Waals surface area contributed by atoms with Crippen molar-refractivity contribution >= 4 is 5.97 Å². The number of carboxylic acid groups (broad SMARTS) is 1. The van der Waals surface area contributed by atoms with Gasteiger partial charge in [0.1, 0.15) is 0 Å². The Morgan fingerprint density at radius 1 is 1.31 bits per heavy atom. The van der Waals surface area contributed by atoms with Crippen LogP contribution in [0.5, 0.6) is 0 Å². The molecule has 1 aliphatic heterocycles. The molecule has 1 heterocycles. The zero-order chi connectivity index (χ0) is 12.0. The monoisotopic (exact) mass is 229 g/mol. The van der Waals surface area contributed by atoms with E-state index >= 15 is 0 Å². The number of carbonyl (C=O) groups excluding carboxylic acids is 1. The van der Waals surface area contributed by atoms with Crippen LogP contribution in [0.2, 0.25) is 0 Å². The summed E-state index contributed by atoms with van der Waals surface area (Å²) in [6.07, 6.45) is 5.30. The van der Waals surface area contributed by atoms with Crippen molar-refractivity contribution in [2.75, 3.05) is 13.2 Å². The fraction of sp³-hybridized carbons (Fsp3) is 0.917. The molecule has 0 aromatic heterocycles. The number of rotatable bonds is 6. The van der Waals surface area contributed by atoms with E-state index < -0.39 is 11.4 Å². The van der Waals surface area contributed by atoms with Crippen LogP contribution in [0.3, 0.4) is 0 Å². The molecule has 1 aliphatic rings. The van der Waals surface area contributed by atoms with Crippen molar-refractivity contribution in [1.82, 2.24) is 0 Å². The molecule has 0 bridgehead atoms. The average molecular weight is 229 g/mol. The second kappa shape index (κ2) is 6.21. The van der Waals surface area contributed by atoms with Gasteiger partial charge in [0.2, 0.25) is 0 Å². The SMILES string of the molecule is CCCCCCC1OCC(C)(C(=O)[O-])CO1. The van der Waals surface area contributed by atoms with E-state index in [4.69, 9.17) is 9.47 Å². The van der Waals surface area contributed by atoms with E-state index in [0.29, 0.717) is 0 Å². The molecule has 0 aromatic rings. The van der Waals surface area contributed by atoms with Crippen LogP contribution in [0.1, 0.15) is 46.0 Å². The molecule has 94 valence electrons. The Morgan fingerprint density at radius 3 is 2.44 bits per heavy atom. The summed E-state index contributed by atoms with van der Waals surface area (Å²) in [6, 6.07) is 0. The van der Waals surface area contributed by atoms with E-state index in [0.717, 1.165) is 12.8 Å². The molecule has 4 nitrogen and oxygen atoms in total. The molecule has 16 heavy (non-hydrogen) atoms. The largest absolute Gasteiger partial charge is 0.549 e. The van der Waals surface area contributed by atoms with Gasteiger partial charge in [-0.25, -0.2) is 0 Å². The lowest BCUT2D eigenvalue weighted by atomic mass is 9.92. The van der Waals surface area contributed by atoms with Gasteiger partial charge < -0.3 is 19.4 Å². The van der Waals surface area contributed by atoms with E-state index in [1.165, 1.54) is 19.3 Å². The molecule has 0 atom stereocenters. The Balaban J connectivity index is 2.19. The van der Waals surface area contributed by atoms with Gasteiger partial charge in [-0.15, -0.1) is 0 Å². The van der Waals surface area contributed by atoms with Crippen LogP contribution in [-0.4, -0.2) is 25.5 Å². The van der Waals surface area contributed by atoms with Crippen LogP contribution in [0.25, 0.3) is 0 Å². The van der Waals surface area contributed by atoms with Crippen molar-refractivity contribution < 1.29 is 19.4 Å². The smallest absolute Gasteiger partial charge is 0.157 e. The van der Waals surface area contributed by atoms with Crippen molar-refractivity contribution in [2.24, 2.45) is 5.41 Å². The van der Waals surface area contributed by atoms with E-state index in [-0.39, 0.29) is 19.5 Å². The van der Waals surface area contributed by atoms with Gasteiger partial charge >= 0.3 is 0 Å². The number of hydrogen-bond acceptors (Lipinski definition) is 4. The molecule has 1 rings (SSSR count). The van der Waals surface area contributed by atoms with E-state index in [2.05, 4.69) is 6.92 Å². The summed E-state index contributed by atoms with van der Waals surface area (Å²) < 4.78 is 10.8. The molecule has 1 saturated heterocycles. The molecule has 1 fully saturated rings. The zero-order valence-corrected chi connectivity index (χ0v) is 10.2. The van der Waals surface area contributed by atoms with Gasteiger partial charge in [0.05, 0.1) is 24.6 Å². The lowest BCUT2D eigenvalue weighted by Gasteiger charge is -2.37. The highest BCUT2D eigenvalue weighted by molar-refractivity contribution is 5.72. The molecular formula is C12H21O4-. The maximum absolute atomic E-state index is 10.8. The molecular weight excluding hydrogens is 208 g/mol. The second-order valence-corrected chi connectivity index (χ2v) is 4.75. The number of hydrogen-bond donors (Lipinski definition) is 0. The Hall–Kier alpha value is -0.610. The van der Waals surface area contributed by atoms with Gasteiger partial charge in [-0.05, 0) is 19.8 Å². The van der Waals surface area contributed by atoms with Gasteiger partial charge in [-0.3, -0.25) is 0 Å². The normalized spacial score (nSPS) is 30.2. The van der Waals surface area contributed by atoms with Crippen LogP contribution >= 0.6 is 0 Å².